The van der Waals surface area contributed by atoms with Crippen LogP contribution in [-0.4, -0.2) is 61.3 Å². The van der Waals surface area contributed by atoms with Crippen molar-refractivity contribution in [3.05, 3.63) is 51.5 Å². The summed E-state index contributed by atoms with van der Waals surface area (Å²) in [4.78, 5) is 45.1. The zero-order chi connectivity index (χ0) is 32.3. The third-order valence-corrected chi connectivity index (χ3v) is 9.91. The number of nitrogens with two attached hydrogens (primary N) is 1. The van der Waals surface area contributed by atoms with Crippen LogP contribution in [0.25, 0.3) is 0 Å². The number of carbonyl (C=O) groups excluding carboxylic acids is 3. The highest BCUT2D eigenvalue weighted by Crippen LogP contribution is 2.27. The van der Waals surface area contributed by atoms with Gasteiger partial charge in [0.15, 0.2) is 0 Å². The quantitative estimate of drug-likeness (QED) is 0.216. The van der Waals surface area contributed by atoms with Gasteiger partial charge in [-0.3, -0.25) is 14.4 Å². The van der Waals surface area contributed by atoms with Crippen molar-refractivity contribution in [1.82, 2.24) is 20.9 Å². The van der Waals surface area contributed by atoms with E-state index in [4.69, 9.17) is 5.73 Å². The molecule has 2 aromatic rings. The Bertz CT molecular complexity index is 1340. The van der Waals surface area contributed by atoms with Crippen LogP contribution in [0.1, 0.15) is 91.0 Å². The molecule has 0 spiro atoms. The second-order valence-corrected chi connectivity index (χ2v) is 16.0. The number of hydrogen-bond donors (Lipinski definition) is 4. The fourth-order valence-corrected chi connectivity index (χ4v) is 7.03. The Morgan fingerprint density at radius 3 is 2.18 bits per heavy atom. The number of carbonyl (C=O) groups is 3. The predicted molar refractivity (Wildman–Crippen MR) is 175 cm³/mol. The van der Waals surface area contributed by atoms with Gasteiger partial charge in [0.25, 0.3) is 5.91 Å². The largest absolute Gasteiger partial charge is 0.351 e. The molecule has 1 aromatic heterocycles. The van der Waals surface area contributed by atoms with Crippen LogP contribution < -0.4 is 21.7 Å². The Kier molecular flexibility index (Phi) is 13.8. The average Bonchev–Trinajstić information content (AvgIpc) is 3.41. The van der Waals surface area contributed by atoms with E-state index in [1.54, 1.807) is 0 Å². The molecule has 0 bridgehead atoms. The zero-order valence-corrected chi connectivity index (χ0v) is 28.1. The Morgan fingerprint density at radius 2 is 1.61 bits per heavy atom. The molecule has 244 valence electrons. The van der Waals surface area contributed by atoms with Crippen LogP contribution in [-0.2, 0) is 32.4 Å². The Morgan fingerprint density at radius 1 is 0.977 bits per heavy atom. The lowest BCUT2D eigenvalue weighted by molar-refractivity contribution is -0.131. The highest BCUT2D eigenvalue weighted by molar-refractivity contribution is 7.90. The Labute approximate surface area is 266 Å². The molecule has 1 aliphatic carbocycles. The summed E-state index contributed by atoms with van der Waals surface area (Å²) < 4.78 is 24.1. The molecule has 3 rings (SSSR count). The minimum Gasteiger partial charge on any atom is -0.351 e. The molecule has 1 saturated carbocycles. The molecule has 10 nitrogen and oxygen atoms in total. The summed E-state index contributed by atoms with van der Waals surface area (Å²) in [6.45, 7) is 6.18. The number of aryl methyl sites for hydroxylation is 1. The lowest BCUT2D eigenvalue weighted by Crippen LogP contribution is -2.56. The lowest BCUT2D eigenvalue weighted by Gasteiger charge is -2.30. The lowest BCUT2D eigenvalue weighted by atomic mass is 9.84. The SMILES string of the molecule is Cc1ncc(C(=O)N[C@@H](CC(C)C)C(=O)N[C@@H](CC2CCCCC2)C(=O)N[C@H](CCS(C)(=O)=O)Cc2ccc(CN)cc2)s1. The van der Waals surface area contributed by atoms with Crippen molar-refractivity contribution >= 4 is 38.9 Å². The van der Waals surface area contributed by atoms with Crippen molar-refractivity contribution in [2.45, 2.75) is 103 Å². The summed E-state index contributed by atoms with van der Waals surface area (Å²) >= 11 is 1.26. The van der Waals surface area contributed by atoms with Gasteiger partial charge in [-0.15, -0.1) is 11.3 Å². The summed E-state index contributed by atoms with van der Waals surface area (Å²) in [5.74, 6) is -0.783. The summed E-state index contributed by atoms with van der Waals surface area (Å²) in [7, 11) is -3.26. The molecular weight excluding hydrogens is 599 g/mol. The van der Waals surface area contributed by atoms with E-state index in [-0.39, 0.29) is 35.8 Å². The van der Waals surface area contributed by atoms with Crippen molar-refractivity contribution < 1.29 is 22.8 Å². The van der Waals surface area contributed by atoms with Crippen molar-refractivity contribution in [2.75, 3.05) is 12.0 Å². The van der Waals surface area contributed by atoms with Gasteiger partial charge in [-0.25, -0.2) is 13.4 Å². The smallest absolute Gasteiger partial charge is 0.263 e. The molecule has 1 fully saturated rings. The molecule has 0 unspecified atom stereocenters. The number of hydrogen-bond acceptors (Lipinski definition) is 8. The molecule has 1 heterocycles. The third kappa shape index (κ3) is 12.3. The highest BCUT2D eigenvalue weighted by atomic mass is 32.2. The molecule has 0 aliphatic heterocycles. The summed E-state index contributed by atoms with van der Waals surface area (Å²) in [5.41, 5.74) is 7.67. The van der Waals surface area contributed by atoms with E-state index in [9.17, 15) is 22.8 Å². The highest BCUT2D eigenvalue weighted by Gasteiger charge is 2.31. The number of amides is 3. The first-order chi connectivity index (χ1) is 20.8. The van der Waals surface area contributed by atoms with Crippen LogP contribution in [0.15, 0.2) is 30.5 Å². The van der Waals surface area contributed by atoms with Crippen LogP contribution in [0.3, 0.4) is 0 Å². The average molecular weight is 648 g/mol. The number of benzene rings is 1. The van der Waals surface area contributed by atoms with E-state index in [0.717, 1.165) is 48.2 Å². The van der Waals surface area contributed by atoms with E-state index >= 15 is 0 Å². The molecule has 3 atom stereocenters. The van der Waals surface area contributed by atoms with Gasteiger partial charge in [0, 0.05) is 18.8 Å². The van der Waals surface area contributed by atoms with Gasteiger partial charge in [-0.05, 0) is 55.6 Å². The van der Waals surface area contributed by atoms with Crippen molar-refractivity contribution in [1.29, 1.82) is 0 Å². The number of aromatic nitrogens is 1. The molecule has 5 N–H and O–H groups in total. The first-order valence-electron chi connectivity index (χ1n) is 15.6. The standard InChI is InChI=1S/C32H49N5O5S2/c1-21(2)16-27(37-32(40)29-20-34-22(3)43-29)31(39)36-28(18-23-8-6-5-7-9-23)30(38)35-26(14-15-44(4,41)42)17-24-10-12-25(19-33)13-11-24/h10-13,20-21,23,26-28H,5-9,14-19,33H2,1-4H3,(H,35,38)(H,36,39)(H,37,40)/t26-,27+,28+/m1/s1. The Balaban J connectivity index is 1.80. The minimum absolute atomic E-state index is 0.0714. The maximum atomic E-state index is 13.9. The number of rotatable bonds is 16. The monoisotopic (exact) mass is 647 g/mol. The maximum Gasteiger partial charge on any atom is 0.263 e. The summed E-state index contributed by atoms with van der Waals surface area (Å²) in [6, 6.07) is 5.63. The first-order valence-corrected chi connectivity index (χ1v) is 18.5. The topological polar surface area (TPSA) is 160 Å². The first kappa shape index (κ1) is 35.6. The van der Waals surface area contributed by atoms with Crippen molar-refractivity contribution in [3.8, 4) is 0 Å². The predicted octanol–water partition coefficient (Wildman–Crippen LogP) is 3.67. The van der Waals surface area contributed by atoms with Gasteiger partial charge >= 0.3 is 0 Å². The molecule has 12 heteroatoms. The van der Waals surface area contributed by atoms with Gasteiger partial charge in [0.2, 0.25) is 11.8 Å². The maximum absolute atomic E-state index is 13.9. The molecule has 3 amide bonds. The van der Waals surface area contributed by atoms with E-state index < -0.39 is 33.9 Å². The zero-order valence-electron chi connectivity index (χ0n) is 26.4. The van der Waals surface area contributed by atoms with E-state index in [0.29, 0.717) is 30.7 Å². The third-order valence-electron chi connectivity index (χ3n) is 8.03. The van der Waals surface area contributed by atoms with Crippen molar-refractivity contribution in [3.63, 3.8) is 0 Å². The summed E-state index contributed by atoms with van der Waals surface area (Å²) in [5, 5.41) is 9.66. The molecule has 0 saturated heterocycles. The second-order valence-electron chi connectivity index (χ2n) is 12.5. The van der Waals surface area contributed by atoms with Gasteiger partial charge in [0.05, 0.1) is 17.0 Å². The fourth-order valence-electron chi connectivity index (χ4n) is 5.64. The van der Waals surface area contributed by atoms with E-state index in [1.165, 1.54) is 23.8 Å². The van der Waals surface area contributed by atoms with Crippen LogP contribution in [0, 0.1) is 18.8 Å². The molecule has 0 radical (unpaired) electrons. The van der Waals surface area contributed by atoms with Gasteiger partial charge in [0.1, 0.15) is 26.8 Å². The van der Waals surface area contributed by atoms with Crippen LogP contribution in [0.2, 0.25) is 0 Å². The molecule has 44 heavy (non-hydrogen) atoms. The Hall–Kier alpha value is -2.83. The molecule has 1 aliphatic rings. The summed E-state index contributed by atoms with van der Waals surface area (Å²) in [6.07, 6.45) is 9.57. The fraction of sp³-hybridized carbons (Fsp3) is 0.625. The van der Waals surface area contributed by atoms with Crippen molar-refractivity contribution in [2.24, 2.45) is 17.6 Å². The molecule has 1 aromatic carbocycles. The van der Waals surface area contributed by atoms with Gasteiger partial charge in [-0.2, -0.15) is 0 Å². The van der Waals surface area contributed by atoms with Gasteiger partial charge in [-0.1, -0.05) is 70.2 Å². The number of nitrogens with one attached hydrogen (secondary N) is 3. The minimum atomic E-state index is -3.26. The number of nitrogens with zero attached hydrogens (tertiary/aromatic N) is 1. The van der Waals surface area contributed by atoms with E-state index in [2.05, 4.69) is 20.9 Å². The number of sulfone groups is 1. The van der Waals surface area contributed by atoms with Crippen LogP contribution in [0.5, 0.6) is 0 Å². The number of thiazole rings is 1. The normalized spacial score (nSPS) is 16.2. The molecular formula is C32H49N5O5S2. The van der Waals surface area contributed by atoms with Crippen LogP contribution >= 0.6 is 11.3 Å². The van der Waals surface area contributed by atoms with E-state index in [1.807, 2.05) is 45.0 Å². The van der Waals surface area contributed by atoms with Crippen LogP contribution in [0.4, 0.5) is 0 Å². The van der Waals surface area contributed by atoms with Gasteiger partial charge < -0.3 is 21.7 Å². The second kappa shape index (κ2) is 17.0.